The first kappa shape index (κ1) is 38.7. The number of hydrogen-bond acceptors (Lipinski definition) is 8. The average molecular weight is 763 g/mol. The Balaban J connectivity index is 1.12. The maximum absolute atomic E-state index is 13.3. The van der Waals surface area contributed by atoms with Crippen molar-refractivity contribution in [3.63, 3.8) is 0 Å². The molecule has 0 radical (unpaired) electrons. The molecule has 4 amide bonds. The number of nitrogens with zero attached hydrogens (tertiary/aromatic N) is 4. The van der Waals surface area contributed by atoms with Crippen LogP contribution in [0.15, 0.2) is 48.7 Å². The number of hydrogen-bond donors (Lipinski definition) is 4. The number of halogens is 3. The van der Waals surface area contributed by atoms with Gasteiger partial charge in [-0.2, -0.15) is 13.2 Å². The molecule has 2 fully saturated rings. The van der Waals surface area contributed by atoms with Gasteiger partial charge >= 0.3 is 18.4 Å². The first-order valence-electron chi connectivity index (χ1n) is 17.9. The minimum atomic E-state index is -4.69. The van der Waals surface area contributed by atoms with E-state index in [1.807, 2.05) is 48.6 Å². The molecule has 2 aromatic carbocycles. The number of fused-ring (bicyclic) bond motifs is 1. The lowest BCUT2D eigenvalue weighted by molar-refractivity contribution is -0.154. The number of amides is 4. The van der Waals surface area contributed by atoms with Crippen molar-refractivity contribution in [1.29, 1.82) is 0 Å². The van der Waals surface area contributed by atoms with Crippen molar-refractivity contribution in [3.8, 4) is 23.1 Å². The third kappa shape index (κ3) is 9.02. The van der Waals surface area contributed by atoms with E-state index in [0.29, 0.717) is 54.1 Å². The molecule has 55 heavy (non-hydrogen) atoms. The smallest absolute Gasteiger partial charge is 0.407 e. The highest BCUT2D eigenvalue weighted by molar-refractivity contribution is 5.87. The van der Waals surface area contributed by atoms with Crippen LogP contribution in [0.4, 0.5) is 22.8 Å². The third-order valence-electron chi connectivity index (χ3n) is 9.74. The van der Waals surface area contributed by atoms with E-state index in [1.165, 1.54) is 12.0 Å². The molecule has 0 bridgehead atoms. The van der Waals surface area contributed by atoms with Crippen molar-refractivity contribution in [2.24, 2.45) is 0 Å². The molecule has 0 spiro atoms. The van der Waals surface area contributed by atoms with E-state index in [4.69, 9.17) is 0 Å². The first-order chi connectivity index (χ1) is 26.4. The molecule has 17 heteroatoms. The van der Waals surface area contributed by atoms with Crippen LogP contribution in [-0.4, -0.2) is 99.3 Å². The standard InChI is InChI=1S/C38H41F3N8O6/c1-4-25(46-36(52)54-2)34(50)48-17-5-7-30(48)32-42-21-29(45-32)24-14-11-22(12-15-24)9-10-23-13-16-26-27(19-23)44-33(43-26)31-8-6-18-49(31)35(51)28(20-38(39,40)41)47-37(53)55-3/h11-16,19,21,25,28,30-31H,4-8,17-18,20H2,1-3H3,(H,42,45)(H,43,44)(H,46,52)(H,47,53)/t25-,28-,30-,31-/m0/s1. The second-order valence-corrected chi connectivity index (χ2v) is 13.3. The molecular weight excluding hydrogens is 721 g/mol. The minimum Gasteiger partial charge on any atom is -0.453 e. The highest BCUT2D eigenvalue weighted by atomic mass is 19.4. The van der Waals surface area contributed by atoms with Crippen LogP contribution in [0.1, 0.15) is 80.3 Å². The van der Waals surface area contributed by atoms with E-state index in [0.717, 1.165) is 36.8 Å². The number of carbonyl (C=O) groups excluding carboxylic acids is 4. The molecule has 4 heterocycles. The second-order valence-electron chi connectivity index (χ2n) is 13.3. The topological polar surface area (TPSA) is 175 Å². The summed E-state index contributed by atoms with van der Waals surface area (Å²) < 4.78 is 49.0. The van der Waals surface area contributed by atoms with Gasteiger partial charge in [-0.15, -0.1) is 0 Å². The lowest BCUT2D eigenvalue weighted by Gasteiger charge is -2.28. The zero-order chi connectivity index (χ0) is 39.3. The van der Waals surface area contributed by atoms with Crippen LogP contribution in [0.5, 0.6) is 0 Å². The van der Waals surface area contributed by atoms with Crippen LogP contribution >= 0.6 is 0 Å². The van der Waals surface area contributed by atoms with Crippen molar-refractivity contribution in [2.75, 3.05) is 27.3 Å². The molecule has 6 rings (SSSR count). The molecule has 4 atom stereocenters. The summed E-state index contributed by atoms with van der Waals surface area (Å²) in [7, 11) is 2.27. The largest absolute Gasteiger partial charge is 0.453 e. The molecule has 2 aliphatic rings. The number of carbonyl (C=O) groups is 4. The van der Waals surface area contributed by atoms with Crippen LogP contribution in [0.3, 0.4) is 0 Å². The third-order valence-corrected chi connectivity index (χ3v) is 9.74. The summed E-state index contributed by atoms with van der Waals surface area (Å²) >= 11 is 0. The number of aromatic nitrogens is 4. The van der Waals surface area contributed by atoms with Crippen LogP contribution in [0, 0.1) is 11.8 Å². The number of methoxy groups -OCH3 is 2. The van der Waals surface area contributed by atoms with Gasteiger partial charge < -0.3 is 39.9 Å². The number of H-pyrrole nitrogens is 2. The van der Waals surface area contributed by atoms with Gasteiger partial charge in [-0.25, -0.2) is 19.6 Å². The molecular formula is C38H41F3N8O6. The van der Waals surface area contributed by atoms with Gasteiger partial charge in [-0.05, 0) is 68.0 Å². The first-order valence-corrected chi connectivity index (χ1v) is 17.9. The number of alkyl halides is 3. The molecule has 0 unspecified atom stereocenters. The molecule has 4 N–H and O–H groups in total. The van der Waals surface area contributed by atoms with Crippen molar-refractivity contribution in [3.05, 3.63) is 71.4 Å². The van der Waals surface area contributed by atoms with Gasteiger partial charge in [0.2, 0.25) is 11.8 Å². The Labute approximate surface area is 314 Å². The van der Waals surface area contributed by atoms with Gasteiger partial charge in [0.15, 0.2) is 0 Å². The van der Waals surface area contributed by atoms with Gasteiger partial charge in [-0.1, -0.05) is 30.9 Å². The Hall–Kier alpha value is -6.05. The average Bonchev–Trinajstić information content (AvgIpc) is 4.00. The minimum absolute atomic E-state index is 0.178. The summed E-state index contributed by atoms with van der Waals surface area (Å²) in [6, 6.07) is 9.66. The highest BCUT2D eigenvalue weighted by Gasteiger charge is 2.42. The quantitative estimate of drug-likeness (QED) is 0.162. The van der Waals surface area contributed by atoms with E-state index in [1.54, 1.807) is 17.2 Å². The molecule has 4 aromatic rings. The zero-order valence-electron chi connectivity index (χ0n) is 30.5. The number of likely N-dealkylation sites (tertiary alicyclic amines) is 2. The molecule has 290 valence electrons. The number of ether oxygens (including phenoxy) is 2. The summed E-state index contributed by atoms with van der Waals surface area (Å²) in [5.41, 5.74) is 4.39. The maximum Gasteiger partial charge on any atom is 0.407 e. The van der Waals surface area contributed by atoms with Crippen LogP contribution in [0.2, 0.25) is 0 Å². The Morgan fingerprint density at radius 3 is 2.05 bits per heavy atom. The predicted octanol–water partition coefficient (Wildman–Crippen LogP) is 5.49. The molecule has 2 aliphatic heterocycles. The van der Waals surface area contributed by atoms with Crippen LogP contribution in [-0.2, 0) is 19.1 Å². The lowest BCUT2D eigenvalue weighted by atomic mass is 10.1. The monoisotopic (exact) mass is 762 g/mol. The van der Waals surface area contributed by atoms with Gasteiger partial charge in [0.25, 0.3) is 0 Å². The SMILES string of the molecule is CC[C@H](NC(=O)OC)C(=O)N1CCC[C@H]1c1ncc(-c2ccc(C#Cc3ccc4nc([C@@H]5CCCN5C(=O)[C@H](CC(F)(F)F)NC(=O)OC)[nH]c4c3)cc2)[nH]1. The summed E-state index contributed by atoms with van der Waals surface area (Å²) in [4.78, 5) is 68.9. The Kier molecular flexibility index (Phi) is 11.6. The number of rotatable bonds is 9. The van der Waals surface area contributed by atoms with E-state index >= 15 is 0 Å². The van der Waals surface area contributed by atoms with Crippen molar-refractivity contribution in [1.82, 2.24) is 40.4 Å². The molecule has 2 aromatic heterocycles. The van der Waals surface area contributed by atoms with Crippen LogP contribution in [0.25, 0.3) is 22.3 Å². The highest BCUT2D eigenvalue weighted by Crippen LogP contribution is 2.34. The van der Waals surface area contributed by atoms with Crippen LogP contribution < -0.4 is 10.6 Å². The fourth-order valence-corrected chi connectivity index (χ4v) is 7.00. The van der Waals surface area contributed by atoms with Crippen molar-refractivity contribution in [2.45, 2.75) is 75.8 Å². The van der Waals surface area contributed by atoms with Gasteiger partial charge in [0.1, 0.15) is 23.7 Å². The zero-order valence-corrected chi connectivity index (χ0v) is 30.5. The summed E-state index contributed by atoms with van der Waals surface area (Å²) in [5, 5.41) is 4.63. The summed E-state index contributed by atoms with van der Waals surface area (Å²) in [5.74, 6) is 6.37. The van der Waals surface area contributed by atoms with Gasteiger partial charge in [0.05, 0.1) is 55.6 Å². The molecule has 0 saturated carbocycles. The van der Waals surface area contributed by atoms with E-state index in [-0.39, 0.29) is 18.5 Å². The molecule has 14 nitrogen and oxygen atoms in total. The number of alkyl carbamates (subject to hydrolysis) is 2. The summed E-state index contributed by atoms with van der Waals surface area (Å²) in [6.45, 7) is 2.61. The summed E-state index contributed by atoms with van der Waals surface area (Å²) in [6.07, 6.45) is -3.23. The van der Waals surface area contributed by atoms with Gasteiger partial charge in [-0.3, -0.25) is 9.59 Å². The number of nitrogens with one attached hydrogen (secondary N) is 4. The number of aromatic amines is 2. The number of imidazole rings is 2. The Morgan fingerprint density at radius 1 is 0.855 bits per heavy atom. The molecule has 0 aliphatic carbocycles. The van der Waals surface area contributed by atoms with Crippen molar-refractivity contribution >= 4 is 35.0 Å². The molecule has 2 saturated heterocycles. The van der Waals surface area contributed by atoms with Crippen molar-refractivity contribution < 1.29 is 41.8 Å². The van der Waals surface area contributed by atoms with Gasteiger partial charge in [0, 0.05) is 24.2 Å². The predicted molar refractivity (Wildman–Crippen MR) is 193 cm³/mol. The second kappa shape index (κ2) is 16.5. The fourth-order valence-electron chi connectivity index (χ4n) is 7.00. The van der Waals surface area contributed by atoms with E-state index in [9.17, 15) is 32.3 Å². The van der Waals surface area contributed by atoms with E-state index < -0.39 is 48.8 Å². The van der Waals surface area contributed by atoms with E-state index in [2.05, 4.69) is 46.6 Å². The lowest BCUT2D eigenvalue weighted by Crippen LogP contribution is -2.50. The maximum atomic E-state index is 13.3. The Morgan fingerprint density at radius 2 is 1.44 bits per heavy atom. The Bertz CT molecular complexity index is 2100. The normalized spacial score (nSPS) is 18.0. The fraction of sp³-hybridized carbons (Fsp3) is 0.421. The number of benzene rings is 2.